The molecule has 3 amide bonds. The Labute approximate surface area is 195 Å². The maximum atomic E-state index is 13.4. The van der Waals surface area contributed by atoms with Crippen LogP contribution >= 0.6 is 0 Å². The van der Waals surface area contributed by atoms with Crippen molar-refractivity contribution in [3.05, 3.63) is 35.4 Å². The quantitative estimate of drug-likeness (QED) is 0.685. The first kappa shape index (κ1) is 24.6. The number of carbonyl (C=O) groups is 3. The summed E-state index contributed by atoms with van der Waals surface area (Å²) in [4.78, 5) is 40.2. The van der Waals surface area contributed by atoms with Gasteiger partial charge in [-0.15, -0.1) is 0 Å². The van der Waals surface area contributed by atoms with Gasteiger partial charge in [0, 0.05) is 13.1 Å². The van der Waals surface area contributed by atoms with Gasteiger partial charge in [0.05, 0.1) is 11.6 Å². The van der Waals surface area contributed by atoms with Crippen molar-refractivity contribution in [2.45, 2.75) is 83.5 Å². The molecule has 178 valence electrons. The summed E-state index contributed by atoms with van der Waals surface area (Å²) >= 11 is 0. The molecule has 2 aliphatic rings. The first-order chi connectivity index (χ1) is 15.7. The molecule has 0 bridgehead atoms. The zero-order chi connectivity index (χ0) is 24.0. The Morgan fingerprint density at radius 1 is 1.12 bits per heavy atom. The standard InChI is InChI=1S/C25H34N4O4/c1-25(2,3)33-24(32)28-21(19-7-5-4-6-8-19)23(31)29-14-13-20(29)22(30)27-16-18-11-9-17(15-26)10-12-18/h9-12,19-21H,4-8,13-14,16H2,1-3H3,(H,27,30)(H,28,32)/t20-,21+/m0/s1. The summed E-state index contributed by atoms with van der Waals surface area (Å²) in [6, 6.07) is 7.85. The number of nitrogens with one attached hydrogen (secondary N) is 2. The number of likely N-dealkylation sites (tertiary alicyclic amines) is 1. The average molecular weight is 455 g/mol. The first-order valence-electron chi connectivity index (χ1n) is 11.7. The second kappa shape index (κ2) is 10.7. The molecule has 1 aromatic rings. The summed E-state index contributed by atoms with van der Waals surface area (Å²) in [5.41, 5.74) is 0.785. The molecule has 1 aliphatic carbocycles. The molecule has 1 saturated heterocycles. The van der Waals surface area contributed by atoms with Crippen LogP contribution in [0.25, 0.3) is 0 Å². The van der Waals surface area contributed by atoms with Gasteiger partial charge in [0.1, 0.15) is 17.7 Å². The molecule has 1 aliphatic heterocycles. The second-order valence-electron chi connectivity index (χ2n) is 9.88. The Bertz CT molecular complexity index is 894. The van der Waals surface area contributed by atoms with Gasteiger partial charge in [-0.25, -0.2) is 4.79 Å². The van der Waals surface area contributed by atoms with Gasteiger partial charge in [-0.1, -0.05) is 31.4 Å². The molecular formula is C25H34N4O4. The third-order valence-electron chi connectivity index (χ3n) is 6.21. The van der Waals surface area contributed by atoms with Crippen LogP contribution in [0.4, 0.5) is 4.79 Å². The normalized spacial score (nSPS) is 19.6. The third-order valence-corrected chi connectivity index (χ3v) is 6.21. The lowest BCUT2D eigenvalue weighted by Gasteiger charge is -2.43. The maximum Gasteiger partial charge on any atom is 0.408 e. The van der Waals surface area contributed by atoms with Gasteiger partial charge in [-0.2, -0.15) is 5.26 Å². The van der Waals surface area contributed by atoms with Gasteiger partial charge in [0.25, 0.3) is 0 Å². The summed E-state index contributed by atoms with van der Waals surface area (Å²) < 4.78 is 5.40. The SMILES string of the molecule is CC(C)(C)OC(=O)N[C@@H](C(=O)N1CC[C@H]1C(=O)NCc1ccc(C#N)cc1)C1CCCCC1. The Morgan fingerprint density at radius 2 is 1.79 bits per heavy atom. The maximum absolute atomic E-state index is 13.4. The van der Waals surface area contributed by atoms with E-state index in [4.69, 9.17) is 10.00 Å². The molecule has 8 nitrogen and oxygen atoms in total. The van der Waals surface area contributed by atoms with E-state index in [-0.39, 0.29) is 17.7 Å². The number of nitrogens with zero attached hydrogens (tertiary/aromatic N) is 2. The molecule has 1 heterocycles. The second-order valence-corrected chi connectivity index (χ2v) is 9.88. The highest BCUT2D eigenvalue weighted by Crippen LogP contribution is 2.30. The summed E-state index contributed by atoms with van der Waals surface area (Å²) in [5, 5.41) is 14.6. The molecule has 3 rings (SSSR count). The molecule has 1 aromatic carbocycles. The van der Waals surface area contributed by atoms with Crippen molar-refractivity contribution in [2.24, 2.45) is 5.92 Å². The highest BCUT2D eigenvalue weighted by Gasteiger charge is 2.43. The van der Waals surface area contributed by atoms with Gasteiger partial charge >= 0.3 is 6.09 Å². The minimum atomic E-state index is -0.686. The molecule has 0 spiro atoms. The minimum Gasteiger partial charge on any atom is -0.444 e. The molecule has 33 heavy (non-hydrogen) atoms. The van der Waals surface area contributed by atoms with Crippen LogP contribution in [-0.2, 0) is 20.9 Å². The predicted octanol–water partition coefficient (Wildman–Crippen LogP) is 3.25. The molecule has 2 N–H and O–H groups in total. The highest BCUT2D eigenvalue weighted by atomic mass is 16.6. The summed E-state index contributed by atoms with van der Waals surface area (Å²) in [6.45, 7) is 6.17. The summed E-state index contributed by atoms with van der Waals surface area (Å²) in [5.74, 6) is -0.377. The molecule has 0 unspecified atom stereocenters. The largest absolute Gasteiger partial charge is 0.444 e. The molecule has 0 aromatic heterocycles. The fourth-order valence-corrected chi connectivity index (χ4v) is 4.39. The van der Waals surface area contributed by atoms with E-state index in [9.17, 15) is 14.4 Å². The van der Waals surface area contributed by atoms with Crippen LogP contribution < -0.4 is 10.6 Å². The average Bonchev–Trinajstić information content (AvgIpc) is 2.75. The van der Waals surface area contributed by atoms with Gasteiger partial charge in [0.2, 0.25) is 11.8 Å². The number of benzene rings is 1. The van der Waals surface area contributed by atoms with Crippen LogP contribution in [0.15, 0.2) is 24.3 Å². The number of hydrogen-bond donors (Lipinski definition) is 2. The van der Waals surface area contributed by atoms with E-state index in [0.29, 0.717) is 25.1 Å². The van der Waals surface area contributed by atoms with Crippen LogP contribution in [0.2, 0.25) is 0 Å². The number of ether oxygens (including phenoxy) is 1. The first-order valence-corrected chi connectivity index (χ1v) is 11.7. The van der Waals surface area contributed by atoms with Crippen LogP contribution in [0, 0.1) is 17.2 Å². The lowest BCUT2D eigenvalue weighted by Crippen LogP contribution is -2.63. The van der Waals surface area contributed by atoms with Crippen molar-refractivity contribution in [3.63, 3.8) is 0 Å². The van der Waals surface area contributed by atoms with Crippen molar-refractivity contribution in [2.75, 3.05) is 6.54 Å². The van der Waals surface area contributed by atoms with Gasteiger partial charge in [0.15, 0.2) is 0 Å². The number of carbonyl (C=O) groups excluding carboxylic acids is 3. The van der Waals surface area contributed by atoms with Gasteiger partial charge in [-0.05, 0) is 63.6 Å². The van der Waals surface area contributed by atoms with Crippen LogP contribution in [0.1, 0.15) is 70.4 Å². The van der Waals surface area contributed by atoms with Crippen LogP contribution in [0.5, 0.6) is 0 Å². The topological polar surface area (TPSA) is 112 Å². The Kier molecular flexibility index (Phi) is 7.96. The molecule has 2 fully saturated rings. The van der Waals surface area contributed by atoms with Crippen LogP contribution in [-0.4, -0.2) is 47.0 Å². The fourth-order valence-electron chi connectivity index (χ4n) is 4.39. The molecular weight excluding hydrogens is 420 g/mol. The molecule has 8 heteroatoms. The highest BCUT2D eigenvalue weighted by molar-refractivity contribution is 5.93. The van der Waals surface area contributed by atoms with Crippen molar-refractivity contribution >= 4 is 17.9 Å². The smallest absolute Gasteiger partial charge is 0.408 e. The number of alkyl carbamates (subject to hydrolysis) is 1. The number of amides is 3. The van der Waals surface area contributed by atoms with Crippen molar-refractivity contribution in [1.82, 2.24) is 15.5 Å². The Hall–Kier alpha value is -3.08. The van der Waals surface area contributed by atoms with Crippen LogP contribution in [0.3, 0.4) is 0 Å². The van der Waals surface area contributed by atoms with E-state index in [1.54, 1.807) is 49.9 Å². The summed E-state index contributed by atoms with van der Waals surface area (Å²) in [6.07, 6.45) is 4.92. The lowest BCUT2D eigenvalue weighted by molar-refractivity contribution is -0.150. The Balaban J connectivity index is 1.62. The van der Waals surface area contributed by atoms with E-state index >= 15 is 0 Å². The van der Waals surface area contributed by atoms with E-state index < -0.39 is 23.8 Å². The monoisotopic (exact) mass is 454 g/mol. The number of nitriles is 1. The van der Waals surface area contributed by atoms with Crippen molar-refractivity contribution < 1.29 is 19.1 Å². The van der Waals surface area contributed by atoms with Crippen molar-refractivity contribution in [1.29, 1.82) is 5.26 Å². The van der Waals surface area contributed by atoms with E-state index in [2.05, 4.69) is 16.7 Å². The zero-order valence-electron chi connectivity index (χ0n) is 19.7. The molecule has 2 atom stereocenters. The zero-order valence-corrected chi connectivity index (χ0v) is 19.7. The van der Waals surface area contributed by atoms with E-state index in [0.717, 1.165) is 37.7 Å². The number of hydrogen-bond acceptors (Lipinski definition) is 5. The van der Waals surface area contributed by atoms with Crippen molar-refractivity contribution in [3.8, 4) is 6.07 Å². The number of rotatable bonds is 6. The minimum absolute atomic E-state index is 0.0433. The predicted molar refractivity (Wildman–Crippen MR) is 123 cm³/mol. The van der Waals surface area contributed by atoms with Gasteiger partial charge in [-0.3, -0.25) is 9.59 Å². The lowest BCUT2D eigenvalue weighted by atomic mass is 9.82. The molecule has 1 saturated carbocycles. The summed E-state index contributed by atoms with van der Waals surface area (Å²) in [7, 11) is 0. The van der Waals surface area contributed by atoms with E-state index in [1.165, 1.54) is 0 Å². The van der Waals surface area contributed by atoms with E-state index in [1.807, 2.05) is 0 Å². The molecule has 0 radical (unpaired) electrons. The van der Waals surface area contributed by atoms with Gasteiger partial charge < -0.3 is 20.3 Å². The third kappa shape index (κ3) is 6.70. The fraction of sp³-hybridized carbons (Fsp3) is 0.600. The Morgan fingerprint density at radius 3 is 2.33 bits per heavy atom.